The number of nitrogens with zero attached hydrogens (tertiary/aromatic N) is 1. The lowest BCUT2D eigenvalue weighted by Crippen LogP contribution is -2.60. The van der Waals surface area contributed by atoms with Gasteiger partial charge in [0, 0.05) is 32.5 Å². The number of phenolic OH excluding ortho intramolecular Hbond substituents is 1. The van der Waals surface area contributed by atoms with E-state index < -0.39 is 59.9 Å². The summed E-state index contributed by atoms with van der Waals surface area (Å²) in [6.07, 6.45) is 6.29. The molecule has 1 aromatic rings. The molecule has 0 spiro atoms. The minimum Gasteiger partial charge on any atom is -0.508 e. The van der Waals surface area contributed by atoms with Crippen LogP contribution < -0.4 is 38.5 Å². The number of hydrogen-bond donors (Lipinski definition) is 10. The normalized spacial score (nSPS) is 16.9. The Morgan fingerprint density at radius 2 is 1.44 bits per heavy atom. The quantitative estimate of drug-likeness (QED) is 0.0623. The number of carboxylic acid groups (broad SMARTS) is 2. The van der Waals surface area contributed by atoms with E-state index >= 15 is 0 Å². The predicted molar refractivity (Wildman–Crippen MR) is 218 cm³/mol. The molecule has 0 radical (unpaired) electrons. The van der Waals surface area contributed by atoms with Crippen molar-refractivity contribution in [1.82, 2.24) is 26.2 Å². The topological polar surface area (TPSA) is 293 Å². The van der Waals surface area contributed by atoms with E-state index in [1.54, 1.807) is 24.0 Å². The monoisotopic (exact) mass is 807 g/mol. The highest BCUT2D eigenvalue weighted by Gasteiger charge is 2.39. The average Bonchev–Trinajstić information content (AvgIpc) is 3.65. The largest absolute Gasteiger partial charge is 0.508 e. The Hall–Kier alpha value is -4.32. The fourth-order valence-corrected chi connectivity index (χ4v) is 6.51. The van der Waals surface area contributed by atoms with Gasteiger partial charge in [-0.1, -0.05) is 59.1 Å². The van der Waals surface area contributed by atoms with Gasteiger partial charge in [0.2, 0.25) is 23.6 Å². The van der Waals surface area contributed by atoms with Crippen molar-refractivity contribution in [2.75, 3.05) is 26.2 Å². The lowest BCUT2D eigenvalue weighted by atomic mass is 9.96. The molecule has 1 saturated heterocycles. The number of phenols is 1. The Bertz CT molecular complexity index is 1390. The van der Waals surface area contributed by atoms with Crippen LogP contribution in [0, 0.1) is 11.8 Å². The summed E-state index contributed by atoms with van der Waals surface area (Å²) >= 11 is 0. The maximum atomic E-state index is 14.0. The van der Waals surface area contributed by atoms with Gasteiger partial charge in [-0.3, -0.25) is 24.0 Å². The van der Waals surface area contributed by atoms with Crippen LogP contribution in [-0.4, -0.2) is 118 Å². The van der Waals surface area contributed by atoms with Crippen molar-refractivity contribution < 1.29 is 44.1 Å². The number of carboxylic acids is 2. The van der Waals surface area contributed by atoms with Crippen molar-refractivity contribution in [2.45, 2.75) is 141 Å². The molecule has 57 heavy (non-hydrogen) atoms. The van der Waals surface area contributed by atoms with Gasteiger partial charge >= 0.3 is 5.97 Å². The molecule has 324 valence electrons. The van der Waals surface area contributed by atoms with Crippen molar-refractivity contribution in [3.8, 4) is 5.75 Å². The number of unbranched alkanes of at least 4 members (excludes halogenated alkanes) is 2. The Morgan fingerprint density at radius 1 is 0.842 bits per heavy atom. The average molecular weight is 807 g/mol. The zero-order chi connectivity index (χ0) is 43.1. The van der Waals surface area contributed by atoms with Gasteiger partial charge in [-0.15, -0.1) is 0 Å². The molecule has 4 amide bonds. The standard InChI is InChI=1S/C38H66N8O7.C2H4O2/c1-5-25(4)33(36(50)44-31(38(52)53)21-24(2)3)45-34(48)30(22-26-14-16-28(47)17-15-26)43-35(49)32-13-10-20-46(32)37(51)29(12-7-9-19-40)42-23-27(41)11-6-8-18-39;1-2(3)4/h14-17,24-25,27,29-33,42,47H,5-13,18-23,39-41H2,1-4H3,(H,43,49)(H,44,50)(H,45,48)(H,52,53);1H3,(H,3,4)/t25-,27-,29-,30-,31-,32-,33-;/m0./s1. The molecule has 0 aliphatic carbocycles. The Morgan fingerprint density at radius 3 is 1.98 bits per heavy atom. The Labute approximate surface area is 337 Å². The van der Waals surface area contributed by atoms with Crippen molar-refractivity contribution in [3.05, 3.63) is 29.8 Å². The van der Waals surface area contributed by atoms with Gasteiger partial charge in [0.1, 0.15) is 29.9 Å². The lowest BCUT2D eigenvalue weighted by Gasteiger charge is -2.31. The molecule has 17 heteroatoms. The van der Waals surface area contributed by atoms with Crippen LogP contribution in [0.15, 0.2) is 24.3 Å². The molecule has 1 fully saturated rings. The molecule has 0 saturated carbocycles. The molecule has 7 atom stereocenters. The van der Waals surface area contributed by atoms with Gasteiger partial charge in [-0.2, -0.15) is 0 Å². The summed E-state index contributed by atoms with van der Waals surface area (Å²) in [6, 6.07) is 1.30. The third-order valence-electron chi connectivity index (χ3n) is 9.86. The van der Waals surface area contributed by atoms with Crippen LogP contribution in [0.4, 0.5) is 0 Å². The highest BCUT2D eigenvalue weighted by Crippen LogP contribution is 2.21. The van der Waals surface area contributed by atoms with Crippen molar-refractivity contribution >= 4 is 35.6 Å². The number of hydrogen-bond acceptors (Lipinski definition) is 11. The molecular weight excluding hydrogens is 736 g/mol. The van der Waals surface area contributed by atoms with Gasteiger partial charge in [0.15, 0.2) is 0 Å². The van der Waals surface area contributed by atoms with Crippen LogP contribution in [0.5, 0.6) is 5.75 Å². The number of benzene rings is 1. The summed E-state index contributed by atoms with van der Waals surface area (Å²) in [5.74, 6) is -4.31. The minimum atomic E-state index is -1.17. The Kier molecular flexibility index (Phi) is 24.3. The fraction of sp³-hybridized carbons (Fsp3) is 0.700. The van der Waals surface area contributed by atoms with Crippen LogP contribution in [0.1, 0.15) is 104 Å². The van der Waals surface area contributed by atoms with Crippen molar-refractivity contribution in [1.29, 1.82) is 0 Å². The van der Waals surface area contributed by atoms with E-state index in [0.29, 0.717) is 57.4 Å². The van der Waals surface area contributed by atoms with Crippen molar-refractivity contribution in [3.63, 3.8) is 0 Å². The molecule has 1 heterocycles. The molecular formula is C40H70N8O9. The van der Waals surface area contributed by atoms with E-state index in [4.69, 9.17) is 27.1 Å². The zero-order valence-corrected chi connectivity index (χ0v) is 34.5. The van der Waals surface area contributed by atoms with Crippen molar-refractivity contribution in [2.24, 2.45) is 29.0 Å². The maximum Gasteiger partial charge on any atom is 0.326 e. The molecule has 13 N–H and O–H groups in total. The number of likely N-dealkylation sites (tertiary alicyclic amines) is 1. The third kappa shape index (κ3) is 19.6. The molecule has 17 nitrogen and oxygen atoms in total. The number of rotatable bonds is 25. The predicted octanol–water partition coefficient (Wildman–Crippen LogP) is 1.19. The number of nitrogens with two attached hydrogens (primary N) is 3. The first-order valence-electron chi connectivity index (χ1n) is 20.3. The number of aromatic hydroxyl groups is 1. The molecule has 0 bridgehead atoms. The first-order chi connectivity index (χ1) is 26.9. The number of carbonyl (C=O) groups excluding carboxylic acids is 4. The highest BCUT2D eigenvalue weighted by atomic mass is 16.4. The van der Waals surface area contributed by atoms with E-state index in [1.165, 1.54) is 12.1 Å². The van der Waals surface area contributed by atoms with Crippen LogP contribution in [-0.2, 0) is 35.2 Å². The van der Waals surface area contributed by atoms with Crippen LogP contribution in [0.25, 0.3) is 0 Å². The van der Waals surface area contributed by atoms with Gasteiger partial charge in [0.05, 0.1) is 6.04 Å². The summed E-state index contributed by atoms with van der Waals surface area (Å²) in [4.78, 5) is 78.0. The van der Waals surface area contributed by atoms with Gasteiger partial charge in [-0.05, 0) is 87.6 Å². The molecule has 2 rings (SSSR count). The van der Waals surface area contributed by atoms with E-state index in [1.807, 2.05) is 20.8 Å². The molecule has 1 aliphatic rings. The maximum absolute atomic E-state index is 14.0. The first-order valence-corrected chi connectivity index (χ1v) is 20.3. The van der Waals surface area contributed by atoms with Crippen LogP contribution >= 0.6 is 0 Å². The fourth-order valence-electron chi connectivity index (χ4n) is 6.51. The number of carbonyl (C=O) groups is 6. The highest BCUT2D eigenvalue weighted by molar-refractivity contribution is 5.96. The van der Waals surface area contributed by atoms with E-state index in [0.717, 1.165) is 39.0 Å². The zero-order valence-electron chi connectivity index (χ0n) is 34.5. The molecule has 0 aromatic heterocycles. The smallest absolute Gasteiger partial charge is 0.326 e. The number of aliphatic carboxylic acids is 2. The van der Waals surface area contributed by atoms with Crippen LogP contribution in [0.3, 0.4) is 0 Å². The lowest BCUT2D eigenvalue weighted by molar-refractivity contribution is -0.143. The second-order valence-corrected chi connectivity index (χ2v) is 15.3. The van der Waals surface area contributed by atoms with Gasteiger partial charge in [-0.25, -0.2) is 4.79 Å². The SMILES string of the molecule is CC(=O)O.CC[C@H](C)[C@H](NC(=O)[C@H](Cc1ccc(O)cc1)NC(=O)[C@@H]1CCCN1C(=O)[C@H](CCCCN)NC[C@@H](N)CCCCN)C(=O)N[C@@H](CC(C)C)C(=O)O. The Balaban J connectivity index is 0.00000386. The van der Waals surface area contributed by atoms with E-state index in [2.05, 4.69) is 21.3 Å². The molecule has 1 aromatic carbocycles. The number of amides is 4. The summed E-state index contributed by atoms with van der Waals surface area (Å²) in [7, 11) is 0. The third-order valence-corrected chi connectivity index (χ3v) is 9.86. The number of nitrogens with one attached hydrogen (secondary N) is 4. The summed E-state index contributed by atoms with van der Waals surface area (Å²) in [5.41, 5.74) is 18.3. The van der Waals surface area contributed by atoms with Gasteiger partial charge in [0.25, 0.3) is 5.97 Å². The summed E-state index contributed by atoms with van der Waals surface area (Å²) in [6.45, 7) is 10.3. The second-order valence-electron chi connectivity index (χ2n) is 15.3. The van der Waals surface area contributed by atoms with E-state index in [-0.39, 0.29) is 42.4 Å². The molecule has 1 aliphatic heterocycles. The summed E-state index contributed by atoms with van der Waals surface area (Å²) in [5, 5.41) is 38.6. The van der Waals surface area contributed by atoms with Crippen LogP contribution in [0.2, 0.25) is 0 Å². The molecule has 0 unspecified atom stereocenters. The first kappa shape index (κ1) is 50.7. The minimum absolute atomic E-state index is 0.000946. The summed E-state index contributed by atoms with van der Waals surface area (Å²) < 4.78 is 0. The van der Waals surface area contributed by atoms with Gasteiger partial charge < -0.3 is 58.7 Å². The second kappa shape index (κ2) is 27.3. The van der Waals surface area contributed by atoms with E-state index in [9.17, 15) is 34.2 Å².